The number of quaternary nitrogens is 1. The van der Waals surface area contributed by atoms with Gasteiger partial charge in [-0.3, -0.25) is 4.79 Å². The highest BCUT2D eigenvalue weighted by Gasteiger charge is 2.32. The number of piperazine rings is 1. The van der Waals surface area contributed by atoms with Crippen LogP contribution in [0.2, 0.25) is 0 Å². The smallest absolute Gasteiger partial charge is 0.254 e. The SMILES string of the molecule is CC1CCCC([NH+]2CCN(C(=O)c3ccccc3)CC2)C1. The molecule has 3 rings (SSSR count). The molecule has 0 bridgehead atoms. The van der Waals surface area contributed by atoms with Crippen molar-refractivity contribution in [2.45, 2.75) is 38.6 Å². The van der Waals surface area contributed by atoms with Crippen molar-refractivity contribution in [3.05, 3.63) is 35.9 Å². The number of amides is 1. The van der Waals surface area contributed by atoms with E-state index >= 15 is 0 Å². The van der Waals surface area contributed by atoms with Gasteiger partial charge in [-0.05, 0) is 30.9 Å². The van der Waals surface area contributed by atoms with E-state index in [1.807, 2.05) is 35.2 Å². The quantitative estimate of drug-likeness (QED) is 0.878. The summed E-state index contributed by atoms with van der Waals surface area (Å²) in [5.74, 6) is 1.09. The van der Waals surface area contributed by atoms with Crippen molar-refractivity contribution >= 4 is 5.91 Å². The zero-order valence-corrected chi connectivity index (χ0v) is 13.1. The van der Waals surface area contributed by atoms with E-state index < -0.39 is 0 Å². The molecule has 2 unspecified atom stereocenters. The van der Waals surface area contributed by atoms with Crippen LogP contribution in [0.3, 0.4) is 0 Å². The molecule has 1 aliphatic heterocycles. The highest BCUT2D eigenvalue weighted by molar-refractivity contribution is 5.94. The Hall–Kier alpha value is -1.35. The fourth-order valence-corrected chi connectivity index (χ4v) is 3.97. The normalized spacial score (nSPS) is 27.6. The van der Waals surface area contributed by atoms with Gasteiger partial charge in [-0.1, -0.05) is 31.5 Å². The van der Waals surface area contributed by atoms with Crippen molar-refractivity contribution in [1.82, 2.24) is 4.90 Å². The van der Waals surface area contributed by atoms with E-state index in [0.29, 0.717) is 0 Å². The van der Waals surface area contributed by atoms with E-state index in [4.69, 9.17) is 0 Å². The molecule has 21 heavy (non-hydrogen) atoms. The molecule has 1 aromatic carbocycles. The van der Waals surface area contributed by atoms with Crippen LogP contribution in [0, 0.1) is 5.92 Å². The van der Waals surface area contributed by atoms with E-state index in [2.05, 4.69) is 6.92 Å². The molecule has 2 atom stereocenters. The lowest BCUT2D eigenvalue weighted by atomic mass is 9.86. The molecular formula is C18H27N2O+. The minimum atomic E-state index is 0.201. The van der Waals surface area contributed by atoms with Gasteiger partial charge in [0.25, 0.3) is 5.91 Å². The lowest BCUT2D eigenvalue weighted by molar-refractivity contribution is -0.930. The molecule has 1 N–H and O–H groups in total. The summed E-state index contributed by atoms with van der Waals surface area (Å²) in [4.78, 5) is 16.2. The van der Waals surface area contributed by atoms with E-state index in [9.17, 15) is 4.79 Å². The van der Waals surface area contributed by atoms with Gasteiger partial charge in [-0.2, -0.15) is 0 Å². The molecule has 1 aromatic rings. The Morgan fingerprint density at radius 2 is 1.86 bits per heavy atom. The van der Waals surface area contributed by atoms with Crippen LogP contribution in [0.25, 0.3) is 0 Å². The Bertz CT molecular complexity index is 465. The average molecular weight is 287 g/mol. The third-order valence-electron chi connectivity index (χ3n) is 5.23. The van der Waals surface area contributed by atoms with Crippen molar-refractivity contribution in [3.63, 3.8) is 0 Å². The number of nitrogens with zero attached hydrogens (tertiary/aromatic N) is 1. The van der Waals surface area contributed by atoms with Crippen LogP contribution < -0.4 is 4.90 Å². The van der Waals surface area contributed by atoms with Crippen LogP contribution >= 0.6 is 0 Å². The lowest BCUT2D eigenvalue weighted by Crippen LogP contribution is -3.18. The molecule has 1 saturated heterocycles. The third kappa shape index (κ3) is 3.46. The summed E-state index contributed by atoms with van der Waals surface area (Å²) in [6, 6.07) is 10.5. The van der Waals surface area contributed by atoms with Gasteiger partial charge < -0.3 is 9.80 Å². The van der Waals surface area contributed by atoms with Gasteiger partial charge >= 0.3 is 0 Å². The summed E-state index contributed by atoms with van der Waals surface area (Å²) in [6.07, 6.45) is 5.55. The number of benzene rings is 1. The summed E-state index contributed by atoms with van der Waals surface area (Å²) in [5.41, 5.74) is 0.826. The van der Waals surface area contributed by atoms with Crippen LogP contribution in [-0.2, 0) is 0 Å². The summed E-state index contributed by atoms with van der Waals surface area (Å²) < 4.78 is 0. The van der Waals surface area contributed by atoms with E-state index in [0.717, 1.165) is 43.7 Å². The number of carbonyl (C=O) groups excluding carboxylic acids is 1. The number of carbonyl (C=O) groups is 1. The van der Waals surface area contributed by atoms with E-state index in [1.54, 1.807) is 4.90 Å². The van der Waals surface area contributed by atoms with Gasteiger partial charge in [0.1, 0.15) is 0 Å². The first-order valence-corrected chi connectivity index (χ1v) is 8.43. The number of hydrogen-bond acceptors (Lipinski definition) is 1. The molecule has 114 valence electrons. The van der Waals surface area contributed by atoms with Crippen LogP contribution in [0.4, 0.5) is 0 Å². The molecule has 3 heteroatoms. The number of nitrogens with one attached hydrogen (secondary N) is 1. The third-order valence-corrected chi connectivity index (χ3v) is 5.23. The summed E-state index contributed by atoms with van der Waals surface area (Å²) in [5, 5.41) is 0. The first kappa shape index (κ1) is 14.6. The maximum atomic E-state index is 12.5. The predicted octanol–water partition coefficient (Wildman–Crippen LogP) is 1.61. The first-order chi connectivity index (χ1) is 10.2. The topological polar surface area (TPSA) is 24.8 Å². The minimum absolute atomic E-state index is 0.201. The molecule has 0 spiro atoms. The number of hydrogen-bond donors (Lipinski definition) is 1. The first-order valence-electron chi connectivity index (χ1n) is 8.43. The second-order valence-corrected chi connectivity index (χ2v) is 6.79. The molecule has 2 fully saturated rings. The standard InChI is InChI=1S/C18H26N2O/c1-15-6-5-9-17(14-15)19-10-12-20(13-11-19)18(21)16-7-3-2-4-8-16/h2-4,7-8,15,17H,5-6,9-14H2,1H3/p+1. The zero-order valence-electron chi connectivity index (χ0n) is 13.1. The zero-order chi connectivity index (χ0) is 14.7. The largest absolute Gasteiger partial charge is 0.330 e. The highest BCUT2D eigenvalue weighted by Crippen LogP contribution is 2.22. The molecular weight excluding hydrogens is 260 g/mol. The second-order valence-electron chi connectivity index (χ2n) is 6.79. The van der Waals surface area contributed by atoms with Gasteiger partial charge in [0.2, 0.25) is 0 Å². The summed E-state index contributed by atoms with van der Waals surface area (Å²) in [7, 11) is 0. The fourth-order valence-electron chi connectivity index (χ4n) is 3.97. The van der Waals surface area contributed by atoms with Crippen molar-refractivity contribution < 1.29 is 9.69 Å². The average Bonchev–Trinajstić information content (AvgIpc) is 2.55. The van der Waals surface area contributed by atoms with Crippen molar-refractivity contribution in [2.24, 2.45) is 5.92 Å². The summed E-state index contributed by atoms with van der Waals surface area (Å²) in [6.45, 7) is 6.45. The van der Waals surface area contributed by atoms with E-state index in [-0.39, 0.29) is 5.91 Å². The van der Waals surface area contributed by atoms with Crippen molar-refractivity contribution in [2.75, 3.05) is 26.2 Å². The lowest BCUT2D eigenvalue weighted by Gasteiger charge is -2.39. The Morgan fingerprint density at radius 1 is 1.14 bits per heavy atom. The van der Waals surface area contributed by atoms with Gasteiger partial charge in [0.05, 0.1) is 32.2 Å². The molecule has 1 heterocycles. The highest BCUT2D eigenvalue weighted by atomic mass is 16.2. The maximum Gasteiger partial charge on any atom is 0.254 e. The van der Waals surface area contributed by atoms with Crippen LogP contribution in [0.15, 0.2) is 30.3 Å². The van der Waals surface area contributed by atoms with Crippen LogP contribution in [-0.4, -0.2) is 43.0 Å². The maximum absolute atomic E-state index is 12.5. The van der Waals surface area contributed by atoms with Gasteiger partial charge in [-0.15, -0.1) is 0 Å². The Morgan fingerprint density at radius 3 is 2.52 bits per heavy atom. The van der Waals surface area contributed by atoms with Gasteiger partial charge in [0.15, 0.2) is 0 Å². The van der Waals surface area contributed by atoms with Crippen LogP contribution in [0.5, 0.6) is 0 Å². The van der Waals surface area contributed by atoms with Gasteiger partial charge in [-0.25, -0.2) is 0 Å². The molecule has 1 aliphatic carbocycles. The number of rotatable bonds is 2. The molecule has 3 nitrogen and oxygen atoms in total. The van der Waals surface area contributed by atoms with Crippen LogP contribution in [0.1, 0.15) is 43.0 Å². The monoisotopic (exact) mass is 287 g/mol. The Labute approximate surface area is 127 Å². The molecule has 1 saturated carbocycles. The molecule has 0 radical (unpaired) electrons. The molecule has 1 amide bonds. The van der Waals surface area contributed by atoms with Crippen molar-refractivity contribution in [3.8, 4) is 0 Å². The fraction of sp³-hybridized carbons (Fsp3) is 0.611. The summed E-state index contributed by atoms with van der Waals surface area (Å²) >= 11 is 0. The predicted molar refractivity (Wildman–Crippen MR) is 84.5 cm³/mol. The molecule has 2 aliphatic rings. The van der Waals surface area contributed by atoms with E-state index in [1.165, 1.54) is 25.7 Å². The molecule has 0 aromatic heterocycles. The minimum Gasteiger partial charge on any atom is -0.330 e. The van der Waals surface area contributed by atoms with Gasteiger partial charge in [0, 0.05) is 12.0 Å². The Kier molecular flexibility index (Phi) is 4.59. The Balaban J connectivity index is 1.54. The second kappa shape index (κ2) is 6.61. The van der Waals surface area contributed by atoms with Crippen molar-refractivity contribution in [1.29, 1.82) is 0 Å².